The third-order valence-corrected chi connectivity index (χ3v) is 5.17. The van der Waals surface area contributed by atoms with Gasteiger partial charge in [-0.05, 0) is 60.3 Å². The van der Waals surface area contributed by atoms with Crippen LogP contribution < -0.4 is 0 Å². The number of carbonyl (C=O) groups excluding carboxylic acids is 1. The minimum atomic E-state index is -1.01. The van der Waals surface area contributed by atoms with Crippen molar-refractivity contribution in [3.63, 3.8) is 0 Å². The molecule has 0 bridgehead atoms. The first-order chi connectivity index (χ1) is 12.3. The molecule has 2 aromatic rings. The van der Waals surface area contributed by atoms with Gasteiger partial charge in [-0.25, -0.2) is 9.79 Å². The van der Waals surface area contributed by atoms with Crippen LogP contribution in [0.4, 0.5) is 5.69 Å². The second-order valence-corrected chi connectivity index (χ2v) is 7.35. The average molecular weight is 433 g/mol. The number of aromatic hydroxyl groups is 1. The van der Waals surface area contributed by atoms with Crippen molar-refractivity contribution in [3.8, 4) is 5.75 Å². The molecule has 1 amide bonds. The zero-order valence-electron chi connectivity index (χ0n) is 13.5. The van der Waals surface area contributed by atoms with E-state index in [0.29, 0.717) is 21.3 Å². The van der Waals surface area contributed by atoms with Crippen LogP contribution in [0.2, 0.25) is 0 Å². The summed E-state index contributed by atoms with van der Waals surface area (Å²) in [5.41, 5.74) is 1.24. The molecule has 0 aliphatic carbocycles. The van der Waals surface area contributed by atoms with Crippen LogP contribution >= 0.6 is 27.7 Å². The highest BCUT2D eigenvalue weighted by Gasteiger charge is 2.30. The number of likely N-dealkylation sites (N-methyl/N-ethyl adjacent to an activating group) is 1. The lowest BCUT2D eigenvalue weighted by molar-refractivity contribution is -0.121. The van der Waals surface area contributed by atoms with Crippen LogP contribution in [0.25, 0.3) is 6.08 Å². The summed E-state index contributed by atoms with van der Waals surface area (Å²) in [4.78, 5) is 29.6. The van der Waals surface area contributed by atoms with Gasteiger partial charge < -0.3 is 10.2 Å². The van der Waals surface area contributed by atoms with Gasteiger partial charge in [0.15, 0.2) is 5.17 Å². The Morgan fingerprint density at radius 3 is 2.58 bits per heavy atom. The van der Waals surface area contributed by atoms with Gasteiger partial charge in [0.05, 0.1) is 16.2 Å². The van der Waals surface area contributed by atoms with E-state index >= 15 is 0 Å². The van der Waals surface area contributed by atoms with E-state index in [1.165, 1.54) is 28.8 Å². The monoisotopic (exact) mass is 432 g/mol. The zero-order valence-corrected chi connectivity index (χ0v) is 15.9. The van der Waals surface area contributed by atoms with Crippen LogP contribution in [-0.4, -0.2) is 39.2 Å². The van der Waals surface area contributed by atoms with E-state index in [1.54, 1.807) is 43.5 Å². The maximum atomic E-state index is 12.4. The van der Waals surface area contributed by atoms with Gasteiger partial charge in [-0.15, -0.1) is 0 Å². The van der Waals surface area contributed by atoms with Gasteiger partial charge in [0.1, 0.15) is 5.75 Å². The fourth-order valence-corrected chi connectivity index (χ4v) is 3.58. The van der Waals surface area contributed by atoms with E-state index in [9.17, 15) is 14.7 Å². The minimum Gasteiger partial charge on any atom is -0.507 e. The SMILES string of the molecule is CN1C(=O)C(=Cc2cc(Br)ccc2O)SC1=Nc1ccc(C(=O)O)cc1. The molecule has 3 rings (SSSR count). The molecule has 1 fully saturated rings. The number of aliphatic imine (C=N–C) groups is 1. The number of halogens is 1. The quantitative estimate of drug-likeness (QED) is 0.712. The first-order valence-corrected chi connectivity index (χ1v) is 9.04. The van der Waals surface area contributed by atoms with Crippen molar-refractivity contribution in [2.24, 2.45) is 4.99 Å². The molecular formula is C18H13BrN2O4S. The third kappa shape index (κ3) is 3.81. The number of hydrogen-bond donors (Lipinski definition) is 2. The fraction of sp³-hybridized carbons (Fsp3) is 0.0556. The van der Waals surface area contributed by atoms with Gasteiger partial charge in [0.2, 0.25) is 0 Å². The van der Waals surface area contributed by atoms with Crippen LogP contribution in [0.1, 0.15) is 15.9 Å². The number of carbonyl (C=O) groups is 2. The molecule has 0 spiro atoms. The number of nitrogens with zero attached hydrogens (tertiary/aromatic N) is 2. The first-order valence-electron chi connectivity index (χ1n) is 7.43. The number of phenolic OH excluding ortho intramolecular Hbond substituents is 1. The zero-order chi connectivity index (χ0) is 18.8. The van der Waals surface area contributed by atoms with Gasteiger partial charge in [0, 0.05) is 17.1 Å². The second kappa shape index (κ2) is 7.35. The lowest BCUT2D eigenvalue weighted by atomic mass is 10.2. The van der Waals surface area contributed by atoms with Crippen molar-refractivity contribution in [1.29, 1.82) is 0 Å². The maximum Gasteiger partial charge on any atom is 0.335 e. The van der Waals surface area contributed by atoms with Crippen LogP contribution in [0, 0.1) is 0 Å². The lowest BCUT2D eigenvalue weighted by Crippen LogP contribution is -2.23. The summed E-state index contributed by atoms with van der Waals surface area (Å²) in [6.45, 7) is 0. The highest BCUT2D eigenvalue weighted by atomic mass is 79.9. The van der Waals surface area contributed by atoms with Crippen LogP contribution in [-0.2, 0) is 4.79 Å². The van der Waals surface area contributed by atoms with Crippen molar-refractivity contribution in [3.05, 3.63) is 63.0 Å². The molecular weight excluding hydrogens is 420 g/mol. The predicted octanol–water partition coefficient (Wildman–Crippen LogP) is 4.09. The Balaban J connectivity index is 1.89. The van der Waals surface area contributed by atoms with Crippen LogP contribution in [0.3, 0.4) is 0 Å². The fourth-order valence-electron chi connectivity index (χ4n) is 2.22. The lowest BCUT2D eigenvalue weighted by Gasteiger charge is -2.07. The van der Waals surface area contributed by atoms with Gasteiger partial charge in [-0.2, -0.15) is 0 Å². The smallest absolute Gasteiger partial charge is 0.335 e. The van der Waals surface area contributed by atoms with Gasteiger partial charge in [0.25, 0.3) is 5.91 Å². The van der Waals surface area contributed by atoms with Crippen molar-refractivity contribution >= 4 is 56.5 Å². The largest absolute Gasteiger partial charge is 0.507 e. The van der Waals surface area contributed by atoms with Crippen molar-refractivity contribution in [1.82, 2.24) is 4.90 Å². The van der Waals surface area contributed by atoms with E-state index in [-0.39, 0.29) is 17.2 Å². The van der Waals surface area contributed by atoms with E-state index < -0.39 is 5.97 Å². The minimum absolute atomic E-state index is 0.0754. The molecule has 0 atom stereocenters. The normalized spacial score (nSPS) is 17.3. The van der Waals surface area contributed by atoms with Gasteiger partial charge in [-0.1, -0.05) is 15.9 Å². The number of rotatable bonds is 3. The average Bonchev–Trinajstić information content (AvgIpc) is 2.86. The standard InChI is InChI=1S/C18H13BrN2O4S/c1-21-16(23)15(9-11-8-12(19)4-7-14(11)22)26-18(21)20-13-5-2-10(3-6-13)17(24)25/h2-9,22H,1H3,(H,24,25). The summed E-state index contributed by atoms with van der Waals surface area (Å²) in [5.74, 6) is -1.16. The van der Waals surface area contributed by atoms with Crippen LogP contribution in [0.15, 0.2) is 56.8 Å². The molecule has 2 N–H and O–H groups in total. The number of thioether (sulfide) groups is 1. The summed E-state index contributed by atoms with van der Waals surface area (Å²) in [6, 6.07) is 11.0. The number of hydrogen-bond acceptors (Lipinski definition) is 5. The van der Waals surface area contributed by atoms with E-state index in [1.807, 2.05) is 0 Å². The summed E-state index contributed by atoms with van der Waals surface area (Å²) in [5, 5.41) is 19.3. The Hall–Kier alpha value is -2.58. The van der Waals surface area contributed by atoms with E-state index in [4.69, 9.17) is 5.11 Å². The Morgan fingerprint density at radius 1 is 1.23 bits per heavy atom. The molecule has 6 nitrogen and oxygen atoms in total. The highest BCUT2D eigenvalue weighted by Crippen LogP contribution is 2.35. The number of carboxylic acids is 1. The van der Waals surface area contributed by atoms with Gasteiger partial charge >= 0.3 is 5.97 Å². The molecule has 1 aliphatic rings. The summed E-state index contributed by atoms with van der Waals surface area (Å²) in [7, 11) is 1.61. The molecule has 8 heteroatoms. The number of benzene rings is 2. The molecule has 0 saturated carbocycles. The predicted molar refractivity (Wildman–Crippen MR) is 105 cm³/mol. The Morgan fingerprint density at radius 2 is 1.92 bits per heavy atom. The Labute approximate surface area is 162 Å². The van der Waals surface area contributed by atoms with Crippen LogP contribution in [0.5, 0.6) is 5.75 Å². The number of amidine groups is 1. The molecule has 2 aromatic carbocycles. The second-order valence-electron chi connectivity index (χ2n) is 5.42. The molecule has 26 heavy (non-hydrogen) atoms. The molecule has 1 heterocycles. The number of aromatic carboxylic acids is 1. The first kappa shape index (κ1) is 18.2. The molecule has 132 valence electrons. The number of amides is 1. The molecule has 0 aromatic heterocycles. The summed E-state index contributed by atoms with van der Waals surface area (Å²) >= 11 is 4.52. The highest BCUT2D eigenvalue weighted by molar-refractivity contribution is 9.10. The molecule has 0 radical (unpaired) electrons. The van der Waals surface area contributed by atoms with Crippen molar-refractivity contribution in [2.75, 3.05) is 7.05 Å². The Kier molecular flexibility index (Phi) is 5.15. The number of carboxylic acid groups (broad SMARTS) is 1. The summed E-state index contributed by atoms with van der Waals surface area (Å²) < 4.78 is 0.790. The third-order valence-electron chi connectivity index (χ3n) is 3.62. The molecule has 1 saturated heterocycles. The number of phenols is 1. The summed E-state index contributed by atoms with van der Waals surface area (Å²) in [6.07, 6.45) is 1.61. The van der Waals surface area contributed by atoms with E-state index in [0.717, 1.165) is 4.47 Å². The molecule has 1 aliphatic heterocycles. The van der Waals surface area contributed by atoms with Gasteiger partial charge in [-0.3, -0.25) is 9.69 Å². The molecule has 0 unspecified atom stereocenters. The maximum absolute atomic E-state index is 12.4. The van der Waals surface area contributed by atoms with E-state index in [2.05, 4.69) is 20.9 Å². The van der Waals surface area contributed by atoms with Crippen molar-refractivity contribution in [2.45, 2.75) is 0 Å². The Bertz CT molecular complexity index is 954. The van der Waals surface area contributed by atoms with Crippen molar-refractivity contribution < 1.29 is 19.8 Å². The topological polar surface area (TPSA) is 90.2 Å².